The molecule has 0 aliphatic carbocycles. The summed E-state index contributed by atoms with van der Waals surface area (Å²) in [5.74, 6) is 1.62. The highest BCUT2D eigenvalue weighted by Gasteiger charge is 2.33. The van der Waals surface area contributed by atoms with E-state index in [1.165, 1.54) is 22.6 Å². The third-order valence-corrected chi connectivity index (χ3v) is 5.58. The molecule has 5 heteroatoms. The van der Waals surface area contributed by atoms with Crippen molar-refractivity contribution in [2.45, 2.75) is 65.0 Å². The zero-order valence-electron chi connectivity index (χ0n) is 13.7. The Morgan fingerprint density at radius 1 is 1.45 bits per heavy atom. The highest BCUT2D eigenvalue weighted by Crippen LogP contribution is 2.40. The van der Waals surface area contributed by atoms with E-state index in [0.29, 0.717) is 6.04 Å². The molecule has 0 radical (unpaired) electrons. The van der Waals surface area contributed by atoms with Crippen LogP contribution in [0.4, 0.5) is 0 Å². The van der Waals surface area contributed by atoms with Crippen molar-refractivity contribution in [3.05, 3.63) is 33.6 Å². The SMILES string of the molecule is CCCCc1noc(C(C)N2CCCC2c2ccc(C)s2)n1. The number of thiophene rings is 1. The van der Waals surface area contributed by atoms with E-state index in [2.05, 4.69) is 47.9 Å². The topological polar surface area (TPSA) is 42.2 Å². The van der Waals surface area contributed by atoms with Crippen molar-refractivity contribution in [3.63, 3.8) is 0 Å². The highest BCUT2D eigenvalue weighted by molar-refractivity contribution is 7.12. The van der Waals surface area contributed by atoms with Crippen LogP contribution < -0.4 is 0 Å². The molecule has 0 aromatic carbocycles. The maximum absolute atomic E-state index is 5.53. The van der Waals surface area contributed by atoms with E-state index >= 15 is 0 Å². The predicted molar refractivity (Wildman–Crippen MR) is 89.1 cm³/mol. The first-order valence-corrected chi connectivity index (χ1v) is 9.15. The van der Waals surface area contributed by atoms with E-state index in [1.807, 2.05) is 11.3 Å². The van der Waals surface area contributed by atoms with Crippen molar-refractivity contribution in [2.24, 2.45) is 0 Å². The minimum Gasteiger partial charge on any atom is -0.338 e. The van der Waals surface area contributed by atoms with Crippen molar-refractivity contribution in [1.29, 1.82) is 0 Å². The Balaban J connectivity index is 1.73. The Kier molecular flexibility index (Phi) is 4.93. The first kappa shape index (κ1) is 15.7. The summed E-state index contributed by atoms with van der Waals surface area (Å²) in [6.07, 6.45) is 5.66. The van der Waals surface area contributed by atoms with Gasteiger partial charge in [-0.3, -0.25) is 4.90 Å². The Bertz CT molecular complexity index is 607. The van der Waals surface area contributed by atoms with Crippen LogP contribution in [0.15, 0.2) is 16.7 Å². The molecule has 0 N–H and O–H groups in total. The van der Waals surface area contributed by atoms with Crippen LogP contribution in [0, 0.1) is 6.92 Å². The fourth-order valence-corrected chi connectivity index (χ4v) is 4.24. The molecule has 0 saturated carbocycles. The van der Waals surface area contributed by atoms with E-state index < -0.39 is 0 Å². The van der Waals surface area contributed by atoms with Crippen molar-refractivity contribution >= 4 is 11.3 Å². The van der Waals surface area contributed by atoms with Crippen LogP contribution in [-0.4, -0.2) is 21.6 Å². The Morgan fingerprint density at radius 3 is 3.05 bits per heavy atom. The van der Waals surface area contributed by atoms with Gasteiger partial charge in [0.15, 0.2) is 5.82 Å². The molecule has 4 nitrogen and oxygen atoms in total. The average molecular weight is 319 g/mol. The summed E-state index contributed by atoms with van der Waals surface area (Å²) in [6.45, 7) is 7.65. The monoisotopic (exact) mass is 319 g/mol. The van der Waals surface area contributed by atoms with Crippen LogP contribution in [0.2, 0.25) is 0 Å². The van der Waals surface area contributed by atoms with Gasteiger partial charge >= 0.3 is 0 Å². The first-order chi connectivity index (χ1) is 10.7. The fourth-order valence-electron chi connectivity index (χ4n) is 3.21. The number of hydrogen-bond donors (Lipinski definition) is 0. The summed E-state index contributed by atoms with van der Waals surface area (Å²) < 4.78 is 5.53. The lowest BCUT2D eigenvalue weighted by molar-refractivity contribution is 0.161. The van der Waals surface area contributed by atoms with Gasteiger partial charge in [-0.15, -0.1) is 11.3 Å². The van der Waals surface area contributed by atoms with Crippen molar-refractivity contribution in [2.75, 3.05) is 6.54 Å². The number of hydrogen-bond acceptors (Lipinski definition) is 5. The van der Waals surface area contributed by atoms with Gasteiger partial charge in [0.2, 0.25) is 5.89 Å². The van der Waals surface area contributed by atoms with E-state index in [9.17, 15) is 0 Å². The molecule has 3 heterocycles. The van der Waals surface area contributed by atoms with Gasteiger partial charge in [-0.25, -0.2) is 0 Å². The van der Waals surface area contributed by atoms with E-state index in [-0.39, 0.29) is 6.04 Å². The van der Waals surface area contributed by atoms with Gasteiger partial charge in [-0.1, -0.05) is 18.5 Å². The Labute approximate surface area is 136 Å². The molecule has 2 atom stereocenters. The van der Waals surface area contributed by atoms with Gasteiger partial charge in [0, 0.05) is 22.2 Å². The number of likely N-dealkylation sites (tertiary alicyclic amines) is 1. The summed E-state index contributed by atoms with van der Waals surface area (Å²) in [5.41, 5.74) is 0. The lowest BCUT2D eigenvalue weighted by Crippen LogP contribution is -2.26. The molecule has 1 aliphatic rings. The van der Waals surface area contributed by atoms with Crippen LogP contribution in [-0.2, 0) is 6.42 Å². The molecule has 1 fully saturated rings. The third kappa shape index (κ3) is 3.25. The summed E-state index contributed by atoms with van der Waals surface area (Å²) in [4.78, 5) is 9.97. The van der Waals surface area contributed by atoms with Gasteiger partial charge in [0.05, 0.1) is 6.04 Å². The zero-order chi connectivity index (χ0) is 15.5. The standard InChI is InChI=1S/C17H25N3OS/c1-4-5-8-16-18-17(21-19-16)13(3)20-11-6-7-14(20)15-10-9-12(2)22-15/h9-10,13-14H,4-8,11H2,1-3H3. The van der Waals surface area contributed by atoms with Crippen LogP contribution >= 0.6 is 11.3 Å². The Hall–Kier alpha value is -1.20. The van der Waals surface area contributed by atoms with Gasteiger partial charge < -0.3 is 4.52 Å². The molecule has 2 unspecified atom stereocenters. The molecule has 3 rings (SSSR count). The second-order valence-corrected chi connectivity index (χ2v) is 7.49. The fraction of sp³-hybridized carbons (Fsp3) is 0.647. The lowest BCUT2D eigenvalue weighted by atomic mass is 10.1. The maximum Gasteiger partial charge on any atom is 0.243 e. The van der Waals surface area contributed by atoms with Gasteiger partial charge in [-0.2, -0.15) is 4.98 Å². The number of aryl methyl sites for hydroxylation is 2. The highest BCUT2D eigenvalue weighted by atomic mass is 32.1. The minimum atomic E-state index is 0.192. The van der Waals surface area contributed by atoms with Gasteiger partial charge in [-0.05, 0) is 51.8 Å². The molecular weight excluding hydrogens is 294 g/mol. The Morgan fingerprint density at radius 2 is 2.32 bits per heavy atom. The summed E-state index contributed by atoms with van der Waals surface area (Å²) in [7, 11) is 0. The van der Waals surface area contributed by atoms with Crippen LogP contribution in [0.5, 0.6) is 0 Å². The lowest BCUT2D eigenvalue weighted by Gasteiger charge is -2.27. The van der Waals surface area contributed by atoms with Crippen molar-refractivity contribution in [3.8, 4) is 0 Å². The molecule has 2 aromatic heterocycles. The number of unbranched alkanes of at least 4 members (excludes halogenated alkanes) is 1. The third-order valence-electron chi connectivity index (χ3n) is 4.48. The molecule has 0 spiro atoms. The summed E-state index contributed by atoms with van der Waals surface area (Å²) in [6, 6.07) is 5.19. The quantitative estimate of drug-likeness (QED) is 0.775. The first-order valence-electron chi connectivity index (χ1n) is 8.33. The molecule has 1 saturated heterocycles. The van der Waals surface area contributed by atoms with E-state index in [1.54, 1.807) is 0 Å². The van der Waals surface area contributed by atoms with Crippen LogP contribution in [0.25, 0.3) is 0 Å². The molecule has 22 heavy (non-hydrogen) atoms. The molecule has 120 valence electrons. The van der Waals surface area contributed by atoms with Crippen LogP contribution in [0.3, 0.4) is 0 Å². The second-order valence-electron chi connectivity index (χ2n) is 6.17. The van der Waals surface area contributed by atoms with Crippen molar-refractivity contribution < 1.29 is 4.52 Å². The summed E-state index contributed by atoms with van der Waals surface area (Å²) >= 11 is 1.91. The summed E-state index contributed by atoms with van der Waals surface area (Å²) in [5, 5.41) is 4.14. The second kappa shape index (κ2) is 6.92. The number of rotatable bonds is 6. The average Bonchev–Trinajstić information content (AvgIpc) is 3.24. The smallest absolute Gasteiger partial charge is 0.243 e. The number of nitrogens with zero attached hydrogens (tertiary/aromatic N) is 3. The molecule has 0 amide bonds. The largest absolute Gasteiger partial charge is 0.338 e. The zero-order valence-corrected chi connectivity index (χ0v) is 14.5. The molecular formula is C17H25N3OS. The normalized spacial score (nSPS) is 20.6. The molecule has 2 aromatic rings. The predicted octanol–water partition coefficient (Wildman–Crippen LogP) is 4.68. The molecule has 1 aliphatic heterocycles. The van der Waals surface area contributed by atoms with E-state index in [4.69, 9.17) is 4.52 Å². The van der Waals surface area contributed by atoms with Gasteiger partial charge in [0.1, 0.15) is 0 Å². The minimum absolute atomic E-state index is 0.192. The maximum atomic E-state index is 5.53. The molecule has 0 bridgehead atoms. The van der Waals surface area contributed by atoms with E-state index in [0.717, 1.165) is 37.5 Å². The number of aromatic nitrogens is 2. The van der Waals surface area contributed by atoms with Crippen molar-refractivity contribution in [1.82, 2.24) is 15.0 Å². The van der Waals surface area contributed by atoms with Gasteiger partial charge in [0.25, 0.3) is 0 Å². The van der Waals surface area contributed by atoms with Crippen LogP contribution in [0.1, 0.15) is 73.1 Å².